The first-order chi connectivity index (χ1) is 5.24. The van der Waals surface area contributed by atoms with Crippen molar-refractivity contribution in [3.63, 3.8) is 0 Å². The lowest BCUT2D eigenvalue weighted by molar-refractivity contribution is 0.278. The van der Waals surface area contributed by atoms with Crippen LogP contribution in [0.5, 0.6) is 5.95 Å². The molecule has 0 amide bonds. The Morgan fingerprint density at radius 3 is 3.00 bits per heavy atom. The second-order valence-electron chi connectivity index (χ2n) is 2.22. The number of hydrazine groups is 1. The smallest absolute Gasteiger partial charge is 0.310 e. The van der Waals surface area contributed by atoms with Crippen molar-refractivity contribution in [2.24, 2.45) is 5.84 Å². The van der Waals surface area contributed by atoms with E-state index in [-0.39, 0.29) is 5.95 Å². The van der Waals surface area contributed by atoms with E-state index in [2.05, 4.69) is 9.68 Å². The number of hydrogen-bond donors (Lipinski definition) is 2. The van der Waals surface area contributed by atoms with Crippen LogP contribution >= 0.6 is 0 Å². The quantitative estimate of drug-likeness (QED) is 0.492. The zero-order valence-corrected chi connectivity index (χ0v) is 6.32. The van der Waals surface area contributed by atoms with E-state index < -0.39 is 0 Å². The van der Waals surface area contributed by atoms with E-state index >= 15 is 0 Å². The molecule has 0 atom stereocenters. The highest BCUT2D eigenvalue weighted by molar-refractivity contribution is 5.37. The predicted molar refractivity (Wildman–Crippen MR) is 40.0 cm³/mol. The molecule has 1 rings (SSSR count). The van der Waals surface area contributed by atoms with Gasteiger partial charge in [0.1, 0.15) is 0 Å². The van der Waals surface area contributed by atoms with Gasteiger partial charge in [0.05, 0.1) is 6.07 Å². The minimum Gasteiger partial charge on any atom is -0.479 e. The third-order valence-corrected chi connectivity index (χ3v) is 1.24. The van der Waals surface area contributed by atoms with Gasteiger partial charge in [-0.3, -0.25) is 5.01 Å². The molecule has 5 heteroatoms. The summed E-state index contributed by atoms with van der Waals surface area (Å²) < 4.78 is 4.42. The summed E-state index contributed by atoms with van der Waals surface area (Å²) in [5, 5.41) is 13.7. The van der Waals surface area contributed by atoms with Crippen LogP contribution in [0.25, 0.3) is 0 Å². The lowest BCUT2D eigenvalue weighted by Crippen LogP contribution is -2.31. The Morgan fingerprint density at radius 2 is 2.55 bits per heavy atom. The molecule has 0 saturated heterocycles. The maximum atomic E-state index is 8.76. The first-order valence-corrected chi connectivity index (χ1v) is 3.42. The van der Waals surface area contributed by atoms with Crippen LogP contribution in [0.2, 0.25) is 0 Å². The van der Waals surface area contributed by atoms with Crippen molar-refractivity contribution in [2.75, 3.05) is 11.6 Å². The van der Waals surface area contributed by atoms with Gasteiger partial charge in [0.25, 0.3) is 0 Å². The van der Waals surface area contributed by atoms with Gasteiger partial charge < -0.3 is 9.63 Å². The fraction of sp³-hybridized carbons (Fsp3) is 0.500. The Labute approximate surface area is 64.4 Å². The fourth-order valence-corrected chi connectivity index (χ4v) is 0.747. The average Bonchev–Trinajstić information content (AvgIpc) is 2.36. The van der Waals surface area contributed by atoms with Crippen molar-refractivity contribution in [1.82, 2.24) is 5.16 Å². The highest BCUT2D eigenvalue weighted by Gasteiger charge is 2.05. The molecule has 0 aliphatic rings. The summed E-state index contributed by atoms with van der Waals surface area (Å²) in [6, 6.07) is 1.37. The van der Waals surface area contributed by atoms with Gasteiger partial charge in [-0.2, -0.15) is 0 Å². The van der Waals surface area contributed by atoms with Gasteiger partial charge in [0.15, 0.2) is 5.82 Å². The van der Waals surface area contributed by atoms with Crippen molar-refractivity contribution in [3.8, 4) is 5.95 Å². The van der Waals surface area contributed by atoms with E-state index in [0.29, 0.717) is 12.4 Å². The van der Waals surface area contributed by atoms with Gasteiger partial charge in [-0.05, 0) is 6.42 Å². The summed E-state index contributed by atoms with van der Waals surface area (Å²) in [5.74, 6) is 5.75. The van der Waals surface area contributed by atoms with Crippen molar-refractivity contribution in [2.45, 2.75) is 13.3 Å². The second kappa shape index (κ2) is 3.25. The van der Waals surface area contributed by atoms with Gasteiger partial charge >= 0.3 is 5.95 Å². The molecule has 0 aliphatic carbocycles. The minimum absolute atomic E-state index is 0.216. The molecule has 0 saturated carbocycles. The van der Waals surface area contributed by atoms with Gasteiger partial charge in [-0.1, -0.05) is 12.1 Å². The van der Waals surface area contributed by atoms with E-state index in [1.807, 2.05) is 6.92 Å². The molecular formula is C6H11N3O2. The molecule has 1 aromatic rings. The first kappa shape index (κ1) is 7.87. The summed E-state index contributed by atoms with van der Waals surface area (Å²) in [4.78, 5) is 0. The van der Waals surface area contributed by atoms with E-state index in [1.165, 1.54) is 11.1 Å². The van der Waals surface area contributed by atoms with Crippen LogP contribution in [0.1, 0.15) is 13.3 Å². The Hall–Kier alpha value is -1.23. The SMILES string of the molecule is CCCN(N)c1cc(O)on1. The number of rotatable bonds is 3. The predicted octanol–water partition coefficient (Wildman–Crippen LogP) is 0.470. The normalized spacial score (nSPS) is 10.0. The molecule has 0 aliphatic heterocycles. The molecule has 1 heterocycles. The molecule has 0 bridgehead atoms. The van der Waals surface area contributed by atoms with Gasteiger partial charge in [-0.15, -0.1) is 0 Å². The van der Waals surface area contributed by atoms with Crippen LogP contribution in [0, 0.1) is 0 Å². The van der Waals surface area contributed by atoms with Crippen LogP contribution < -0.4 is 10.9 Å². The maximum absolute atomic E-state index is 8.76. The zero-order valence-electron chi connectivity index (χ0n) is 6.32. The highest BCUT2D eigenvalue weighted by Crippen LogP contribution is 2.16. The maximum Gasteiger partial charge on any atom is 0.310 e. The first-order valence-electron chi connectivity index (χ1n) is 3.42. The molecule has 0 unspecified atom stereocenters. The Kier molecular flexibility index (Phi) is 2.32. The molecule has 0 aromatic carbocycles. The number of aromatic nitrogens is 1. The second-order valence-corrected chi connectivity index (χ2v) is 2.22. The third-order valence-electron chi connectivity index (χ3n) is 1.24. The third kappa shape index (κ3) is 1.84. The summed E-state index contributed by atoms with van der Waals surface area (Å²) in [7, 11) is 0. The number of anilines is 1. The molecule has 0 radical (unpaired) electrons. The standard InChI is InChI=1S/C6H11N3O2/c1-2-3-9(7)5-4-6(10)11-8-5/h4,10H,2-3,7H2,1H3. The van der Waals surface area contributed by atoms with Crippen LogP contribution in [0.3, 0.4) is 0 Å². The number of nitrogens with zero attached hydrogens (tertiary/aromatic N) is 2. The highest BCUT2D eigenvalue weighted by atomic mass is 16.5. The van der Waals surface area contributed by atoms with Gasteiger partial charge in [0.2, 0.25) is 0 Å². The molecule has 5 nitrogen and oxygen atoms in total. The molecule has 0 fully saturated rings. The lowest BCUT2D eigenvalue weighted by Gasteiger charge is -2.11. The van der Waals surface area contributed by atoms with E-state index in [1.54, 1.807) is 0 Å². The van der Waals surface area contributed by atoms with Crippen molar-refractivity contribution in [1.29, 1.82) is 0 Å². The zero-order chi connectivity index (χ0) is 8.27. The molecule has 3 N–H and O–H groups in total. The average molecular weight is 157 g/mol. The molecule has 62 valence electrons. The monoisotopic (exact) mass is 157 g/mol. The molecule has 0 spiro atoms. The lowest BCUT2D eigenvalue weighted by atomic mass is 10.4. The molecular weight excluding hydrogens is 146 g/mol. The van der Waals surface area contributed by atoms with Crippen LogP contribution in [-0.2, 0) is 0 Å². The molecule has 11 heavy (non-hydrogen) atoms. The van der Waals surface area contributed by atoms with Crippen LogP contribution in [0.15, 0.2) is 10.6 Å². The largest absolute Gasteiger partial charge is 0.479 e. The van der Waals surface area contributed by atoms with Crippen molar-refractivity contribution in [3.05, 3.63) is 6.07 Å². The van der Waals surface area contributed by atoms with Crippen LogP contribution in [0.4, 0.5) is 5.82 Å². The van der Waals surface area contributed by atoms with Gasteiger partial charge in [-0.25, -0.2) is 5.84 Å². The van der Waals surface area contributed by atoms with E-state index in [0.717, 1.165) is 6.42 Å². The Morgan fingerprint density at radius 1 is 1.82 bits per heavy atom. The van der Waals surface area contributed by atoms with Crippen molar-refractivity contribution >= 4 is 5.82 Å². The Balaban J connectivity index is 2.60. The topological polar surface area (TPSA) is 75.5 Å². The summed E-state index contributed by atoms with van der Waals surface area (Å²) in [5.41, 5.74) is 0. The van der Waals surface area contributed by atoms with Crippen molar-refractivity contribution < 1.29 is 9.63 Å². The van der Waals surface area contributed by atoms with E-state index in [4.69, 9.17) is 10.9 Å². The minimum atomic E-state index is -0.216. The van der Waals surface area contributed by atoms with E-state index in [9.17, 15) is 0 Å². The summed E-state index contributed by atoms with van der Waals surface area (Å²) in [6.45, 7) is 2.69. The summed E-state index contributed by atoms with van der Waals surface area (Å²) >= 11 is 0. The van der Waals surface area contributed by atoms with Crippen LogP contribution in [-0.4, -0.2) is 16.8 Å². The summed E-state index contributed by atoms with van der Waals surface area (Å²) in [6.07, 6.45) is 0.921. The number of nitrogens with two attached hydrogens (primary N) is 1. The fourth-order valence-electron chi connectivity index (χ4n) is 0.747. The molecule has 1 aromatic heterocycles. The van der Waals surface area contributed by atoms with Gasteiger partial charge in [0, 0.05) is 6.54 Å². The number of hydrogen-bond acceptors (Lipinski definition) is 5. The Bertz CT molecular complexity index is 223. The number of aromatic hydroxyl groups is 1.